The molecule has 0 aromatic rings. The number of thiol groups is 1. The number of hydrogen-bond donors (Lipinski definition) is 2. The second-order valence-corrected chi connectivity index (χ2v) is 3.89. The van der Waals surface area contributed by atoms with Crippen molar-refractivity contribution >= 4 is 24.5 Å². The highest BCUT2D eigenvalue weighted by atomic mass is 32.1. The monoisotopic (exact) mass is 249 g/mol. The van der Waals surface area contributed by atoms with Crippen molar-refractivity contribution in [3.8, 4) is 0 Å². The van der Waals surface area contributed by atoms with E-state index in [1.807, 2.05) is 13.8 Å². The van der Waals surface area contributed by atoms with Crippen LogP contribution in [0.5, 0.6) is 0 Å². The molecule has 1 N–H and O–H groups in total. The molecule has 1 unspecified atom stereocenters. The minimum atomic E-state index is -0.695. The molecule has 0 saturated carbocycles. The van der Waals surface area contributed by atoms with Crippen molar-refractivity contribution in [2.24, 2.45) is 0 Å². The van der Waals surface area contributed by atoms with Crippen LogP contribution in [0.3, 0.4) is 0 Å². The topological polar surface area (TPSA) is 64.6 Å². The number of esters is 1. The van der Waals surface area contributed by atoms with E-state index < -0.39 is 12.0 Å². The van der Waals surface area contributed by atoms with Crippen LogP contribution in [0.1, 0.15) is 20.8 Å². The number of hydrogen-bond acceptors (Lipinski definition) is 5. The van der Waals surface area contributed by atoms with Gasteiger partial charge in [0.15, 0.2) is 0 Å². The third kappa shape index (κ3) is 7.53. The third-order valence-corrected chi connectivity index (χ3v) is 1.99. The Morgan fingerprint density at radius 3 is 2.38 bits per heavy atom. The van der Waals surface area contributed by atoms with Gasteiger partial charge in [-0.3, -0.25) is 4.79 Å². The van der Waals surface area contributed by atoms with Gasteiger partial charge in [-0.2, -0.15) is 12.6 Å². The molecule has 16 heavy (non-hydrogen) atoms. The van der Waals surface area contributed by atoms with Crippen molar-refractivity contribution in [1.82, 2.24) is 5.32 Å². The van der Waals surface area contributed by atoms with Crippen LogP contribution in [-0.2, 0) is 19.1 Å². The fourth-order valence-corrected chi connectivity index (χ4v) is 1.19. The van der Waals surface area contributed by atoms with E-state index in [1.54, 1.807) is 0 Å². The molecule has 5 nitrogen and oxygen atoms in total. The van der Waals surface area contributed by atoms with Gasteiger partial charge in [0.2, 0.25) is 5.91 Å². The maximum absolute atomic E-state index is 11.4. The van der Waals surface area contributed by atoms with Crippen molar-refractivity contribution in [2.45, 2.75) is 32.9 Å². The lowest BCUT2D eigenvalue weighted by atomic mass is 10.3. The quantitative estimate of drug-likeness (QED) is 0.389. The zero-order valence-corrected chi connectivity index (χ0v) is 10.8. The van der Waals surface area contributed by atoms with Crippen LogP contribution in [0.4, 0.5) is 0 Å². The minimum Gasteiger partial charge on any atom is -0.462 e. The van der Waals surface area contributed by atoms with Crippen molar-refractivity contribution in [3.63, 3.8) is 0 Å². The molecule has 0 saturated heterocycles. The highest BCUT2D eigenvalue weighted by Crippen LogP contribution is 1.94. The van der Waals surface area contributed by atoms with Crippen LogP contribution in [0, 0.1) is 0 Å². The molecule has 1 atom stereocenters. The number of ether oxygens (including phenoxy) is 2. The SMILES string of the molecule is CC(=O)NC(CS)C(=O)OCCOC(C)C. The Hall–Kier alpha value is -0.750. The Balaban J connectivity index is 3.80. The molecular weight excluding hydrogens is 230 g/mol. The van der Waals surface area contributed by atoms with Gasteiger partial charge >= 0.3 is 5.97 Å². The summed E-state index contributed by atoms with van der Waals surface area (Å²) in [7, 11) is 0. The van der Waals surface area contributed by atoms with Crippen LogP contribution in [0.2, 0.25) is 0 Å². The summed E-state index contributed by atoms with van der Waals surface area (Å²) in [5.41, 5.74) is 0. The molecule has 0 rings (SSSR count). The molecule has 0 aromatic heterocycles. The molecule has 0 aliphatic heterocycles. The normalized spacial score (nSPS) is 12.3. The average Bonchev–Trinajstić information content (AvgIpc) is 2.20. The molecule has 0 spiro atoms. The van der Waals surface area contributed by atoms with E-state index in [1.165, 1.54) is 6.92 Å². The van der Waals surface area contributed by atoms with Crippen LogP contribution >= 0.6 is 12.6 Å². The predicted octanol–water partition coefficient (Wildman–Crippen LogP) is 0.389. The van der Waals surface area contributed by atoms with Crippen LogP contribution in [0.15, 0.2) is 0 Å². The zero-order valence-electron chi connectivity index (χ0n) is 9.86. The van der Waals surface area contributed by atoms with Crippen molar-refractivity contribution < 1.29 is 19.1 Å². The first-order valence-corrected chi connectivity index (χ1v) is 5.76. The van der Waals surface area contributed by atoms with E-state index in [-0.39, 0.29) is 24.4 Å². The summed E-state index contributed by atoms with van der Waals surface area (Å²) in [6.45, 7) is 5.67. The molecule has 6 heteroatoms. The molecule has 0 heterocycles. The molecule has 0 bridgehead atoms. The largest absolute Gasteiger partial charge is 0.462 e. The number of rotatable bonds is 7. The maximum atomic E-state index is 11.4. The molecule has 0 fully saturated rings. The van der Waals surface area contributed by atoms with Gasteiger partial charge in [0.05, 0.1) is 12.7 Å². The molecule has 94 valence electrons. The number of carbonyl (C=O) groups excluding carboxylic acids is 2. The lowest BCUT2D eigenvalue weighted by Gasteiger charge is -2.14. The van der Waals surface area contributed by atoms with E-state index in [2.05, 4.69) is 17.9 Å². The Morgan fingerprint density at radius 2 is 1.94 bits per heavy atom. The predicted molar refractivity (Wildman–Crippen MR) is 63.5 cm³/mol. The lowest BCUT2D eigenvalue weighted by Crippen LogP contribution is -2.42. The standard InChI is InChI=1S/C10H19NO4S/c1-7(2)14-4-5-15-10(13)9(6-16)11-8(3)12/h7,9,16H,4-6H2,1-3H3,(H,11,12). The molecule has 0 aliphatic carbocycles. The lowest BCUT2D eigenvalue weighted by molar-refractivity contribution is -0.148. The van der Waals surface area contributed by atoms with E-state index in [4.69, 9.17) is 9.47 Å². The van der Waals surface area contributed by atoms with E-state index in [9.17, 15) is 9.59 Å². The average molecular weight is 249 g/mol. The van der Waals surface area contributed by atoms with Crippen molar-refractivity contribution in [1.29, 1.82) is 0 Å². The summed E-state index contributed by atoms with van der Waals surface area (Å²) in [4.78, 5) is 22.2. The molecule has 0 radical (unpaired) electrons. The number of nitrogens with one attached hydrogen (secondary N) is 1. The second-order valence-electron chi connectivity index (χ2n) is 3.52. The third-order valence-electron chi connectivity index (χ3n) is 1.62. The summed E-state index contributed by atoms with van der Waals surface area (Å²) < 4.78 is 10.1. The Kier molecular flexibility index (Phi) is 8.01. The Bertz CT molecular complexity index is 233. The van der Waals surface area contributed by atoms with E-state index in [0.29, 0.717) is 6.61 Å². The minimum absolute atomic E-state index is 0.106. The summed E-state index contributed by atoms with van der Waals surface area (Å²) in [6.07, 6.45) is 0.106. The van der Waals surface area contributed by atoms with Crippen molar-refractivity contribution in [3.05, 3.63) is 0 Å². The summed E-state index contributed by atoms with van der Waals surface area (Å²) in [6, 6.07) is -0.695. The van der Waals surface area contributed by atoms with Gasteiger partial charge in [0, 0.05) is 12.7 Å². The summed E-state index contributed by atoms with van der Waals surface area (Å²) in [5, 5.41) is 2.45. The molecule has 1 amide bonds. The van der Waals surface area contributed by atoms with Gasteiger partial charge in [-0.25, -0.2) is 4.79 Å². The van der Waals surface area contributed by atoms with Gasteiger partial charge in [-0.1, -0.05) is 0 Å². The Labute approximate surface area is 101 Å². The molecule has 0 aromatic carbocycles. The van der Waals surface area contributed by atoms with Crippen LogP contribution in [-0.4, -0.2) is 43.0 Å². The van der Waals surface area contributed by atoms with Crippen molar-refractivity contribution in [2.75, 3.05) is 19.0 Å². The van der Waals surface area contributed by atoms with Gasteiger partial charge < -0.3 is 14.8 Å². The summed E-state index contributed by atoms with van der Waals surface area (Å²) in [5.74, 6) is -0.560. The van der Waals surface area contributed by atoms with E-state index in [0.717, 1.165) is 0 Å². The van der Waals surface area contributed by atoms with E-state index >= 15 is 0 Å². The number of carbonyl (C=O) groups is 2. The smallest absolute Gasteiger partial charge is 0.329 e. The summed E-state index contributed by atoms with van der Waals surface area (Å²) >= 11 is 3.96. The highest BCUT2D eigenvalue weighted by Gasteiger charge is 2.18. The zero-order chi connectivity index (χ0) is 12.6. The second kappa shape index (κ2) is 8.41. The molecule has 0 aliphatic rings. The first-order valence-electron chi connectivity index (χ1n) is 5.13. The number of amides is 1. The first kappa shape index (κ1) is 15.2. The Morgan fingerprint density at radius 1 is 1.31 bits per heavy atom. The molecular formula is C10H19NO4S. The van der Waals surface area contributed by atoms with Gasteiger partial charge in [-0.05, 0) is 13.8 Å². The fourth-order valence-electron chi connectivity index (χ4n) is 0.951. The maximum Gasteiger partial charge on any atom is 0.329 e. The van der Waals surface area contributed by atoms with Crippen LogP contribution in [0.25, 0.3) is 0 Å². The van der Waals surface area contributed by atoms with Gasteiger partial charge in [-0.15, -0.1) is 0 Å². The van der Waals surface area contributed by atoms with Gasteiger partial charge in [0.1, 0.15) is 12.6 Å². The van der Waals surface area contributed by atoms with Gasteiger partial charge in [0.25, 0.3) is 0 Å². The van der Waals surface area contributed by atoms with Crippen LogP contribution < -0.4 is 5.32 Å². The first-order chi connectivity index (χ1) is 7.47. The highest BCUT2D eigenvalue weighted by molar-refractivity contribution is 7.80. The fraction of sp³-hybridized carbons (Fsp3) is 0.800.